The third kappa shape index (κ3) is 5.17. The molecular weight excluding hydrogens is 317 g/mol. The fraction of sp³-hybridized carbons (Fsp3) is 0.235. The van der Waals surface area contributed by atoms with Gasteiger partial charge in [0, 0.05) is 11.8 Å². The van der Waals surface area contributed by atoms with Crippen LogP contribution in [-0.4, -0.2) is 25.9 Å². The number of thioether (sulfide) groups is 1. The largest absolute Gasteiger partial charge is 0.497 e. The van der Waals surface area contributed by atoms with Gasteiger partial charge in [0.05, 0.1) is 25.7 Å². The summed E-state index contributed by atoms with van der Waals surface area (Å²) in [6, 6.07) is 11.5. The number of carbonyl (C=O) groups excluding carboxylic acids is 1. The topological polar surface area (TPSA) is 47.6 Å². The Balaban J connectivity index is 1.89. The molecule has 0 unspecified atom stereocenters. The molecule has 0 aliphatic rings. The predicted molar refractivity (Wildman–Crippen MR) is 90.7 cm³/mol. The standard InChI is InChI=1S/C17H18FNO3S/c1-21-14-6-7-16(22-2)15(9-14)19-17(20)11-23-10-12-4-3-5-13(18)8-12/h3-9H,10-11H2,1-2H3,(H,19,20). The summed E-state index contributed by atoms with van der Waals surface area (Å²) >= 11 is 1.42. The van der Waals surface area contributed by atoms with E-state index in [0.717, 1.165) is 5.56 Å². The highest BCUT2D eigenvalue weighted by molar-refractivity contribution is 7.99. The van der Waals surface area contributed by atoms with Crippen molar-refractivity contribution < 1.29 is 18.7 Å². The SMILES string of the molecule is COc1ccc(OC)c(NC(=O)CSCc2cccc(F)c2)c1. The number of ether oxygens (including phenoxy) is 2. The van der Waals surface area contributed by atoms with Gasteiger partial charge in [-0.2, -0.15) is 0 Å². The van der Waals surface area contributed by atoms with E-state index in [-0.39, 0.29) is 17.5 Å². The van der Waals surface area contributed by atoms with E-state index in [1.54, 1.807) is 31.4 Å². The molecule has 0 aliphatic heterocycles. The molecule has 0 fully saturated rings. The van der Waals surface area contributed by atoms with Crippen molar-refractivity contribution in [3.05, 3.63) is 53.8 Å². The molecule has 2 rings (SSSR count). The molecule has 0 atom stereocenters. The number of methoxy groups -OCH3 is 2. The van der Waals surface area contributed by atoms with Crippen molar-refractivity contribution in [3.8, 4) is 11.5 Å². The van der Waals surface area contributed by atoms with Crippen LogP contribution in [0.25, 0.3) is 0 Å². The summed E-state index contributed by atoms with van der Waals surface area (Å²) < 4.78 is 23.4. The van der Waals surface area contributed by atoms with Crippen LogP contribution in [0.2, 0.25) is 0 Å². The lowest BCUT2D eigenvalue weighted by Gasteiger charge is -2.11. The molecule has 2 aromatic carbocycles. The van der Waals surface area contributed by atoms with Crippen molar-refractivity contribution in [3.63, 3.8) is 0 Å². The second kappa shape index (κ2) is 8.43. The quantitative estimate of drug-likeness (QED) is 0.838. The van der Waals surface area contributed by atoms with Gasteiger partial charge in [-0.15, -0.1) is 11.8 Å². The number of amides is 1. The zero-order valence-corrected chi connectivity index (χ0v) is 13.8. The third-order valence-electron chi connectivity index (χ3n) is 3.07. The molecule has 0 heterocycles. The number of carbonyl (C=O) groups is 1. The minimum atomic E-state index is -0.270. The Morgan fingerprint density at radius 3 is 2.70 bits per heavy atom. The van der Waals surface area contributed by atoms with Gasteiger partial charge in [-0.1, -0.05) is 12.1 Å². The van der Waals surface area contributed by atoms with Crippen molar-refractivity contribution >= 4 is 23.4 Å². The Labute approximate surface area is 139 Å². The number of benzene rings is 2. The monoisotopic (exact) mass is 335 g/mol. The highest BCUT2D eigenvalue weighted by Gasteiger charge is 2.09. The zero-order chi connectivity index (χ0) is 16.7. The van der Waals surface area contributed by atoms with Crippen LogP contribution in [0, 0.1) is 5.82 Å². The lowest BCUT2D eigenvalue weighted by Crippen LogP contribution is -2.15. The highest BCUT2D eigenvalue weighted by Crippen LogP contribution is 2.29. The maximum Gasteiger partial charge on any atom is 0.234 e. The van der Waals surface area contributed by atoms with Gasteiger partial charge in [0.1, 0.15) is 17.3 Å². The first-order chi connectivity index (χ1) is 11.1. The first-order valence-electron chi connectivity index (χ1n) is 6.96. The van der Waals surface area contributed by atoms with Gasteiger partial charge in [0.25, 0.3) is 0 Å². The lowest BCUT2D eigenvalue weighted by atomic mass is 10.2. The van der Waals surface area contributed by atoms with Crippen LogP contribution < -0.4 is 14.8 Å². The van der Waals surface area contributed by atoms with Gasteiger partial charge in [-0.3, -0.25) is 4.79 Å². The molecule has 4 nitrogen and oxygen atoms in total. The molecule has 1 N–H and O–H groups in total. The molecular formula is C17H18FNO3S. The van der Waals surface area contributed by atoms with E-state index in [2.05, 4.69) is 5.32 Å². The second-order valence-corrected chi connectivity index (χ2v) is 5.72. The van der Waals surface area contributed by atoms with Crippen LogP contribution in [0.15, 0.2) is 42.5 Å². The van der Waals surface area contributed by atoms with Crippen molar-refractivity contribution in [1.82, 2.24) is 0 Å². The summed E-state index contributed by atoms with van der Waals surface area (Å²) in [7, 11) is 3.10. The summed E-state index contributed by atoms with van der Waals surface area (Å²) in [6.45, 7) is 0. The average Bonchev–Trinajstić information content (AvgIpc) is 2.55. The molecule has 0 saturated carbocycles. The maximum absolute atomic E-state index is 13.1. The van der Waals surface area contributed by atoms with Crippen LogP contribution in [-0.2, 0) is 10.5 Å². The molecule has 1 amide bonds. The third-order valence-corrected chi connectivity index (χ3v) is 4.08. The lowest BCUT2D eigenvalue weighted by molar-refractivity contribution is -0.113. The Kier molecular flexibility index (Phi) is 6.29. The Morgan fingerprint density at radius 2 is 2.00 bits per heavy atom. The molecule has 0 aliphatic carbocycles. The summed E-state index contributed by atoms with van der Waals surface area (Å²) in [5.41, 5.74) is 1.41. The summed E-state index contributed by atoms with van der Waals surface area (Å²) in [5, 5.41) is 2.79. The first kappa shape index (κ1) is 17.1. The van der Waals surface area contributed by atoms with Crippen molar-refractivity contribution in [2.45, 2.75) is 5.75 Å². The Bertz CT molecular complexity index is 679. The van der Waals surface area contributed by atoms with Crippen LogP contribution in [0.4, 0.5) is 10.1 Å². The molecule has 0 saturated heterocycles. The predicted octanol–water partition coefficient (Wildman–Crippen LogP) is 3.71. The van der Waals surface area contributed by atoms with Gasteiger partial charge in [-0.25, -0.2) is 4.39 Å². The van der Waals surface area contributed by atoms with Crippen LogP contribution in [0.3, 0.4) is 0 Å². The Morgan fingerprint density at radius 1 is 1.17 bits per heavy atom. The number of anilines is 1. The first-order valence-corrected chi connectivity index (χ1v) is 8.12. The maximum atomic E-state index is 13.1. The second-order valence-electron chi connectivity index (χ2n) is 4.74. The van der Waals surface area contributed by atoms with E-state index >= 15 is 0 Å². The number of hydrogen-bond acceptors (Lipinski definition) is 4. The number of hydrogen-bond donors (Lipinski definition) is 1. The number of halogens is 1. The average molecular weight is 335 g/mol. The van der Waals surface area contributed by atoms with Crippen molar-refractivity contribution in [2.75, 3.05) is 25.3 Å². The van der Waals surface area contributed by atoms with Crippen LogP contribution >= 0.6 is 11.8 Å². The summed E-state index contributed by atoms with van der Waals surface area (Å²) in [4.78, 5) is 12.0. The van der Waals surface area contributed by atoms with E-state index in [0.29, 0.717) is 22.9 Å². The smallest absolute Gasteiger partial charge is 0.234 e. The van der Waals surface area contributed by atoms with Gasteiger partial charge in [0.15, 0.2) is 0 Å². The molecule has 0 spiro atoms. The minimum absolute atomic E-state index is 0.155. The summed E-state index contributed by atoms with van der Waals surface area (Å²) in [5.74, 6) is 1.60. The molecule has 2 aromatic rings. The van der Waals surface area contributed by atoms with E-state index in [4.69, 9.17) is 9.47 Å². The number of rotatable bonds is 7. The fourth-order valence-corrected chi connectivity index (χ4v) is 2.76. The highest BCUT2D eigenvalue weighted by atomic mass is 32.2. The van der Waals surface area contributed by atoms with Crippen LogP contribution in [0.1, 0.15) is 5.56 Å². The molecule has 23 heavy (non-hydrogen) atoms. The van der Waals surface area contributed by atoms with E-state index in [1.807, 2.05) is 6.07 Å². The summed E-state index contributed by atoms with van der Waals surface area (Å²) in [6.07, 6.45) is 0. The van der Waals surface area contributed by atoms with Gasteiger partial charge >= 0.3 is 0 Å². The minimum Gasteiger partial charge on any atom is -0.497 e. The zero-order valence-electron chi connectivity index (χ0n) is 13.0. The van der Waals surface area contributed by atoms with Crippen molar-refractivity contribution in [2.24, 2.45) is 0 Å². The van der Waals surface area contributed by atoms with Crippen LogP contribution in [0.5, 0.6) is 11.5 Å². The fourth-order valence-electron chi connectivity index (χ4n) is 1.99. The normalized spacial score (nSPS) is 10.2. The molecule has 0 bridgehead atoms. The molecule has 0 aromatic heterocycles. The van der Waals surface area contributed by atoms with Gasteiger partial charge in [0.2, 0.25) is 5.91 Å². The van der Waals surface area contributed by atoms with E-state index in [1.165, 1.54) is 31.0 Å². The molecule has 6 heteroatoms. The number of nitrogens with one attached hydrogen (secondary N) is 1. The van der Waals surface area contributed by atoms with Crippen molar-refractivity contribution in [1.29, 1.82) is 0 Å². The molecule has 0 radical (unpaired) electrons. The van der Waals surface area contributed by atoms with Gasteiger partial charge in [-0.05, 0) is 29.8 Å². The molecule has 122 valence electrons. The van der Waals surface area contributed by atoms with E-state index < -0.39 is 0 Å². The Hall–Kier alpha value is -2.21. The van der Waals surface area contributed by atoms with E-state index in [9.17, 15) is 9.18 Å². The van der Waals surface area contributed by atoms with Gasteiger partial charge < -0.3 is 14.8 Å².